The van der Waals surface area contributed by atoms with Gasteiger partial charge in [-0.2, -0.15) is 0 Å². The molecule has 14 heavy (non-hydrogen) atoms. The van der Waals surface area contributed by atoms with Gasteiger partial charge in [0.2, 0.25) is 0 Å². The first kappa shape index (κ1) is 13.4. The molecule has 0 spiro atoms. The summed E-state index contributed by atoms with van der Waals surface area (Å²) in [4.78, 5) is 12.3. The lowest BCUT2D eigenvalue weighted by Gasteiger charge is -2.29. The van der Waals surface area contributed by atoms with E-state index in [9.17, 15) is 9.90 Å². The van der Waals surface area contributed by atoms with E-state index in [4.69, 9.17) is 5.11 Å². The average Bonchev–Trinajstić information content (AvgIpc) is 2.03. The number of nitrogens with zero attached hydrogens (tertiary/aromatic N) is 1. The van der Waals surface area contributed by atoms with Crippen molar-refractivity contribution >= 4 is 5.97 Å². The van der Waals surface area contributed by atoms with Crippen molar-refractivity contribution in [3.63, 3.8) is 0 Å². The topological polar surface area (TPSA) is 60.8 Å². The summed E-state index contributed by atoms with van der Waals surface area (Å²) in [6, 6.07) is 0. The van der Waals surface area contributed by atoms with Gasteiger partial charge < -0.3 is 10.2 Å². The van der Waals surface area contributed by atoms with Gasteiger partial charge in [-0.05, 0) is 26.3 Å². The molecule has 2 N–H and O–H groups in total. The Hall–Kier alpha value is -0.610. The van der Waals surface area contributed by atoms with Crippen LogP contribution in [0, 0.1) is 0 Å². The number of carbonyl (C=O) groups is 1. The van der Waals surface area contributed by atoms with E-state index in [1.54, 1.807) is 11.8 Å². The number of carboxylic acids is 1. The molecule has 0 amide bonds. The molecule has 0 aromatic heterocycles. The van der Waals surface area contributed by atoms with Crippen molar-refractivity contribution in [2.45, 2.75) is 39.2 Å². The predicted octanol–water partition coefficient (Wildman–Crippen LogP) is 0.944. The molecule has 0 aromatic carbocycles. The van der Waals surface area contributed by atoms with Gasteiger partial charge in [-0.25, -0.2) is 0 Å². The third-order valence-electron chi connectivity index (χ3n) is 2.22. The van der Waals surface area contributed by atoms with Crippen molar-refractivity contribution in [1.82, 2.24) is 4.90 Å². The number of hydrogen-bond acceptors (Lipinski definition) is 3. The fourth-order valence-corrected chi connectivity index (χ4v) is 1.32. The molecule has 0 heterocycles. The molecule has 0 saturated heterocycles. The van der Waals surface area contributed by atoms with Crippen LogP contribution < -0.4 is 0 Å². The monoisotopic (exact) mass is 203 g/mol. The van der Waals surface area contributed by atoms with Crippen molar-refractivity contribution in [2.75, 3.05) is 19.6 Å². The first-order chi connectivity index (χ1) is 6.41. The lowest BCUT2D eigenvalue weighted by molar-refractivity contribution is -0.139. The molecule has 1 atom stereocenters. The Bertz CT molecular complexity index is 180. The smallest absolute Gasteiger partial charge is 0.317 e. The van der Waals surface area contributed by atoms with Gasteiger partial charge in [-0.3, -0.25) is 9.69 Å². The molecule has 0 aliphatic heterocycles. The molecule has 0 saturated carbocycles. The third-order valence-corrected chi connectivity index (χ3v) is 2.22. The Morgan fingerprint density at radius 3 is 2.36 bits per heavy atom. The maximum absolute atomic E-state index is 10.5. The SMILES string of the molecule is CCCN(CC(=O)O)CC(C)(O)CC. The second-order valence-corrected chi connectivity index (χ2v) is 3.95. The Labute approximate surface area is 85.5 Å². The Morgan fingerprint density at radius 1 is 1.43 bits per heavy atom. The number of rotatable bonds is 7. The molecule has 0 aliphatic rings. The Morgan fingerprint density at radius 2 is 2.00 bits per heavy atom. The lowest BCUT2D eigenvalue weighted by atomic mass is 10.0. The second-order valence-electron chi connectivity index (χ2n) is 3.95. The molecular weight excluding hydrogens is 182 g/mol. The molecule has 0 rings (SSSR count). The Kier molecular flexibility index (Phi) is 5.72. The van der Waals surface area contributed by atoms with Crippen LogP contribution in [0.3, 0.4) is 0 Å². The molecule has 0 radical (unpaired) electrons. The molecule has 0 fully saturated rings. The summed E-state index contributed by atoms with van der Waals surface area (Å²) >= 11 is 0. The molecular formula is C10H21NO3. The molecule has 4 nitrogen and oxygen atoms in total. The van der Waals surface area contributed by atoms with E-state index in [1.807, 2.05) is 13.8 Å². The van der Waals surface area contributed by atoms with Crippen LogP contribution in [0.5, 0.6) is 0 Å². The summed E-state index contributed by atoms with van der Waals surface area (Å²) < 4.78 is 0. The van der Waals surface area contributed by atoms with Gasteiger partial charge in [0.1, 0.15) is 0 Å². The fraction of sp³-hybridized carbons (Fsp3) is 0.900. The predicted molar refractivity (Wildman–Crippen MR) is 55.3 cm³/mol. The number of aliphatic hydroxyl groups is 1. The van der Waals surface area contributed by atoms with Gasteiger partial charge in [0, 0.05) is 6.54 Å². The zero-order chi connectivity index (χ0) is 11.2. The van der Waals surface area contributed by atoms with E-state index in [-0.39, 0.29) is 6.54 Å². The van der Waals surface area contributed by atoms with Crippen molar-refractivity contribution in [3.05, 3.63) is 0 Å². The lowest BCUT2D eigenvalue weighted by Crippen LogP contribution is -2.43. The molecule has 1 unspecified atom stereocenters. The molecule has 4 heteroatoms. The van der Waals surface area contributed by atoms with E-state index in [0.29, 0.717) is 19.5 Å². The summed E-state index contributed by atoms with van der Waals surface area (Å²) in [5.74, 6) is -0.842. The fourth-order valence-electron chi connectivity index (χ4n) is 1.32. The maximum Gasteiger partial charge on any atom is 0.317 e. The van der Waals surface area contributed by atoms with Crippen LogP contribution in [0.2, 0.25) is 0 Å². The third kappa shape index (κ3) is 5.94. The van der Waals surface area contributed by atoms with E-state index in [1.165, 1.54) is 0 Å². The number of carboxylic acid groups (broad SMARTS) is 1. The molecule has 84 valence electrons. The van der Waals surface area contributed by atoms with E-state index in [2.05, 4.69) is 0 Å². The van der Waals surface area contributed by atoms with Crippen LogP contribution >= 0.6 is 0 Å². The van der Waals surface area contributed by atoms with Crippen LogP contribution in [0.25, 0.3) is 0 Å². The van der Waals surface area contributed by atoms with Crippen molar-refractivity contribution in [1.29, 1.82) is 0 Å². The number of aliphatic carboxylic acids is 1. The first-order valence-corrected chi connectivity index (χ1v) is 5.07. The van der Waals surface area contributed by atoms with E-state index >= 15 is 0 Å². The minimum atomic E-state index is -0.842. The minimum Gasteiger partial charge on any atom is -0.480 e. The molecule has 0 aliphatic carbocycles. The van der Waals surface area contributed by atoms with E-state index in [0.717, 1.165) is 6.42 Å². The average molecular weight is 203 g/mol. The van der Waals surface area contributed by atoms with Gasteiger partial charge in [-0.1, -0.05) is 13.8 Å². The standard InChI is InChI=1S/C10H21NO3/c1-4-6-11(7-9(12)13)8-10(3,14)5-2/h14H,4-8H2,1-3H3,(H,12,13). The van der Waals surface area contributed by atoms with E-state index < -0.39 is 11.6 Å². The first-order valence-electron chi connectivity index (χ1n) is 5.07. The van der Waals surface area contributed by atoms with Gasteiger partial charge in [-0.15, -0.1) is 0 Å². The highest BCUT2D eigenvalue weighted by Crippen LogP contribution is 2.10. The van der Waals surface area contributed by atoms with Crippen LogP contribution in [-0.4, -0.2) is 46.3 Å². The quantitative estimate of drug-likeness (QED) is 0.646. The van der Waals surface area contributed by atoms with Crippen molar-refractivity contribution in [2.24, 2.45) is 0 Å². The largest absolute Gasteiger partial charge is 0.480 e. The maximum atomic E-state index is 10.5. The van der Waals surface area contributed by atoms with Gasteiger partial charge >= 0.3 is 5.97 Å². The normalized spacial score (nSPS) is 15.5. The van der Waals surface area contributed by atoms with Gasteiger partial charge in [0.15, 0.2) is 0 Å². The zero-order valence-corrected chi connectivity index (χ0v) is 9.29. The number of hydrogen-bond donors (Lipinski definition) is 2. The highest BCUT2D eigenvalue weighted by molar-refractivity contribution is 5.69. The summed E-state index contributed by atoms with van der Waals surface area (Å²) in [6.07, 6.45) is 1.53. The highest BCUT2D eigenvalue weighted by atomic mass is 16.4. The van der Waals surface area contributed by atoms with Crippen LogP contribution in [0.15, 0.2) is 0 Å². The van der Waals surface area contributed by atoms with Crippen LogP contribution in [0.1, 0.15) is 33.6 Å². The minimum absolute atomic E-state index is 0.00396. The molecule has 0 bridgehead atoms. The second kappa shape index (κ2) is 5.98. The van der Waals surface area contributed by atoms with Crippen LogP contribution in [0.4, 0.5) is 0 Å². The summed E-state index contributed by atoms with van der Waals surface area (Å²) in [7, 11) is 0. The van der Waals surface area contributed by atoms with Crippen LogP contribution in [-0.2, 0) is 4.79 Å². The zero-order valence-electron chi connectivity index (χ0n) is 9.29. The van der Waals surface area contributed by atoms with Crippen molar-refractivity contribution < 1.29 is 15.0 Å². The Balaban J connectivity index is 4.14. The summed E-state index contributed by atoms with van der Waals surface area (Å²) in [6.45, 7) is 6.76. The highest BCUT2D eigenvalue weighted by Gasteiger charge is 2.22. The van der Waals surface area contributed by atoms with Gasteiger partial charge in [0.05, 0.1) is 12.1 Å². The summed E-state index contributed by atoms with van der Waals surface area (Å²) in [5.41, 5.74) is -0.787. The van der Waals surface area contributed by atoms with Crippen molar-refractivity contribution in [3.8, 4) is 0 Å². The summed E-state index contributed by atoms with van der Waals surface area (Å²) in [5, 5.41) is 18.5. The van der Waals surface area contributed by atoms with Gasteiger partial charge in [0.25, 0.3) is 0 Å². The molecule has 0 aromatic rings.